The largest absolute Gasteiger partial charge is 0.395 e. The van der Waals surface area contributed by atoms with E-state index in [1.54, 1.807) is 18.2 Å². The molecule has 7 heteroatoms. The van der Waals surface area contributed by atoms with Gasteiger partial charge in [0.2, 0.25) is 0 Å². The zero-order chi connectivity index (χ0) is 15.4. The molecule has 1 aromatic heterocycles. The molecule has 0 saturated heterocycles. The number of nitrogens with one attached hydrogen (secondary N) is 1. The van der Waals surface area contributed by atoms with Crippen LogP contribution in [0.15, 0.2) is 24.3 Å². The maximum absolute atomic E-state index is 12.9. The molecule has 0 saturated carbocycles. The number of aromatic nitrogens is 2. The van der Waals surface area contributed by atoms with Crippen LogP contribution in [0.3, 0.4) is 0 Å². The first-order valence-corrected chi connectivity index (χ1v) is 7.80. The Kier molecular flexibility index (Phi) is 5.30. The number of para-hydroxylation sites is 1. The van der Waals surface area contributed by atoms with Gasteiger partial charge >= 0.3 is 0 Å². The number of aliphatic hydroxyl groups is 1. The summed E-state index contributed by atoms with van der Waals surface area (Å²) in [7, 11) is 0. The van der Waals surface area contributed by atoms with Crippen LogP contribution in [0.25, 0.3) is 10.9 Å². The summed E-state index contributed by atoms with van der Waals surface area (Å²) in [5, 5.41) is 13.1. The van der Waals surface area contributed by atoms with E-state index in [1.165, 1.54) is 11.8 Å². The van der Waals surface area contributed by atoms with Crippen molar-refractivity contribution >= 4 is 28.5 Å². The fourth-order valence-electron chi connectivity index (χ4n) is 2.05. The number of halogens is 2. The Morgan fingerprint density at radius 2 is 2.00 bits per heavy atom. The molecule has 0 spiro atoms. The minimum absolute atomic E-state index is 0.0000534. The third-order valence-electron chi connectivity index (χ3n) is 3.22. The predicted molar refractivity (Wildman–Crippen MR) is 82.0 cm³/mol. The molecule has 0 fully saturated rings. The topological polar surface area (TPSA) is 58.0 Å². The number of aliphatic hydroxyl groups excluding tert-OH is 1. The van der Waals surface area contributed by atoms with Gasteiger partial charge in [-0.15, -0.1) is 0 Å². The molecule has 0 aliphatic rings. The molecule has 0 unspecified atom stereocenters. The van der Waals surface area contributed by atoms with E-state index in [4.69, 9.17) is 0 Å². The molecule has 4 nitrogen and oxygen atoms in total. The van der Waals surface area contributed by atoms with Gasteiger partial charge in [-0.05, 0) is 25.3 Å². The Bertz CT molecular complexity index is 608. The minimum Gasteiger partial charge on any atom is -0.395 e. The minimum atomic E-state index is -2.72. The predicted octanol–water partition coefficient (Wildman–Crippen LogP) is 3.09. The molecule has 0 bridgehead atoms. The van der Waals surface area contributed by atoms with Gasteiger partial charge in [0.25, 0.3) is 6.43 Å². The van der Waals surface area contributed by atoms with Crippen molar-refractivity contribution in [3.05, 3.63) is 30.1 Å². The van der Waals surface area contributed by atoms with Crippen LogP contribution in [-0.2, 0) is 0 Å². The summed E-state index contributed by atoms with van der Waals surface area (Å²) >= 11 is 1.51. The van der Waals surface area contributed by atoms with Crippen LogP contribution in [0.2, 0.25) is 0 Å². The third-order valence-corrected chi connectivity index (χ3v) is 4.38. The SMILES string of the molecule is CS[C@@H](CO)[C@@H](C)Nc1nc(C(F)F)nc2ccccc12. The van der Waals surface area contributed by atoms with Gasteiger partial charge in [-0.1, -0.05) is 12.1 Å². The molecule has 0 radical (unpaired) electrons. The smallest absolute Gasteiger partial charge is 0.297 e. The lowest BCUT2D eigenvalue weighted by Crippen LogP contribution is -2.31. The lowest BCUT2D eigenvalue weighted by molar-refractivity contribution is 0.141. The second-order valence-electron chi connectivity index (χ2n) is 4.64. The molecule has 2 rings (SSSR count). The number of hydrogen-bond acceptors (Lipinski definition) is 5. The molecular weight excluding hydrogens is 296 g/mol. The van der Waals surface area contributed by atoms with E-state index < -0.39 is 12.2 Å². The van der Waals surface area contributed by atoms with E-state index in [0.29, 0.717) is 16.7 Å². The average Bonchev–Trinajstić information content (AvgIpc) is 2.48. The normalized spacial score (nSPS) is 14.4. The molecule has 2 N–H and O–H groups in total. The second-order valence-corrected chi connectivity index (χ2v) is 5.71. The number of thioether (sulfide) groups is 1. The van der Waals surface area contributed by atoms with Crippen LogP contribution < -0.4 is 5.32 Å². The van der Waals surface area contributed by atoms with Gasteiger partial charge in [0.15, 0.2) is 5.82 Å². The molecule has 2 aromatic rings. The Morgan fingerprint density at radius 1 is 1.29 bits per heavy atom. The lowest BCUT2D eigenvalue weighted by Gasteiger charge is -2.22. The summed E-state index contributed by atoms with van der Waals surface area (Å²) < 4.78 is 25.8. The third kappa shape index (κ3) is 3.59. The fraction of sp³-hybridized carbons (Fsp3) is 0.429. The molecule has 21 heavy (non-hydrogen) atoms. The molecule has 2 atom stereocenters. The van der Waals surface area contributed by atoms with Crippen LogP contribution in [0.4, 0.5) is 14.6 Å². The first kappa shape index (κ1) is 15.9. The van der Waals surface area contributed by atoms with Gasteiger partial charge in [-0.2, -0.15) is 11.8 Å². The average molecular weight is 313 g/mol. The number of alkyl halides is 2. The monoisotopic (exact) mass is 313 g/mol. The highest BCUT2D eigenvalue weighted by Gasteiger charge is 2.19. The fourth-order valence-corrected chi connectivity index (χ4v) is 2.67. The van der Waals surface area contributed by atoms with Gasteiger partial charge in [-0.25, -0.2) is 18.7 Å². The Morgan fingerprint density at radius 3 is 2.62 bits per heavy atom. The molecule has 0 aliphatic carbocycles. The number of nitrogens with zero attached hydrogens (tertiary/aromatic N) is 2. The van der Waals surface area contributed by atoms with Crippen LogP contribution in [0.5, 0.6) is 0 Å². The first-order chi connectivity index (χ1) is 10.1. The number of fused-ring (bicyclic) bond motifs is 1. The van der Waals surface area contributed by atoms with Crippen molar-refractivity contribution < 1.29 is 13.9 Å². The van der Waals surface area contributed by atoms with Crippen molar-refractivity contribution in [1.29, 1.82) is 0 Å². The van der Waals surface area contributed by atoms with Crippen LogP contribution in [0, 0.1) is 0 Å². The molecule has 1 heterocycles. The van der Waals surface area contributed by atoms with Gasteiger partial charge in [-0.3, -0.25) is 0 Å². The zero-order valence-corrected chi connectivity index (χ0v) is 12.6. The van der Waals surface area contributed by atoms with Crippen molar-refractivity contribution in [2.45, 2.75) is 24.6 Å². The maximum Gasteiger partial charge on any atom is 0.297 e. The maximum atomic E-state index is 12.9. The van der Waals surface area contributed by atoms with Crippen molar-refractivity contribution in [3.8, 4) is 0 Å². The number of hydrogen-bond donors (Lipinski definition) is 2. The molecule has 0 aliphatic heterocycles. The van der Waals surface area contributed by atoms with E-state index in [1.807, 2.05) is 19.2 Å². The summed E-state index contributed by atoms with van der Waals surface area (Å²) in [6, 6.07) is 6.90. The summed E-state index contributed by atoms with van der Waals surface area (Å²) in [5.41, 5.74) is 0.474. The molecule has 0 amide bonds. The number of rotatable bonds is 6. The van der Waals surface area contributed by atoms with Crippen LogP contribution in [0.1, 0.15) is 19.2 Å². The number of benzene rings is 1. The van der Waals surface area contributed by atoms with Crippen LogP contribution in [-0.4, -0.2) is 39.2 Å². The van der Waals surface area contributed by atoms with Crippen molar-refractivity contribution in [2.24, 2.45) is 0 Å². The highest BCUT2D eigenvalue weighted by Crippen LogP contribution is 2.26. The van der Waals surface area contributed by atoms with Crippen molar-refractivity contribution in [2.75, 3.05) is 18.2 Å². The Hall–Kier alpha value is -1.47. The summed E-state index contributed by atoms with van der Waals surface area (Å²) in [6.45, 7) is 1.89. The van der Waals surface area contributed by atoms with E-state index in [2.05, 4.69) is 15.3 Å². The van der Waals surface area contributed by atoms with E-state index in [-0.39, 0.29) is 17.9 Å². The zero-order valence-electron chi connectivity index (χ0n) is 11.8. The quantitative estimate of drug-likeness (QED) is 0.858. The Labute approximate surface area is 126 Å². The summed E-state index contributed by atoms with van der Waals surface area (Å²) in [4.78, 5) is 7.80. The number of anilines is 1. The summed E-state index contributed by atoms with van der Waals surface area (Å²) in [5.74, 6) is -0.121. The standard InChI is InChI=1S/C14H17F2N3OS/c1-8(11(7-20)21-2)17-13-9-5-3-4-6-10(9)18-14(19-13)12(15)16/h3-6,8,11-12,20H,7H2,1-2H3,(H,17,18,19)/t8-,11+/m1/s1. The lowest BCUT2D eigenvalue weighted by atomic mass is 10.2. The Balaban J connectivity index is 2.41. The molecule has 114 valence electrons. The van der Waals surface area contributed by atoms with Gasteiger partial charge in [0.1, 0.15) is 5.82 Å². The van der Waals surface area contributed by atoms with E-state index >= 15 is 0 Å². The van der Waals surface area contributed by atoms with Crippen molar-refractivity contribution in [3.63, 3.8) is 0 Å². The van der Waals surface area contributed by atoms with E-state index in [9.17, 15) is 13.9 Å². The molecular formula is C14H17F2N3OS. The summed E-state index contributed by atoms with van der Waals surface area (Å²) in [6.07, 6.45) is -0.832. The first-order valence-electron chi connectivity index (χ1n) is 6.51. The van der Waals surface area contributed by atoms with Gasteiger partial charge in [0, 0.05) is 16.7 Å². The van der Waals surface area contributed by atoms with Gasteiger partial charge in [0.05, 0.1) is 12.1 Å². The highest BCUT2D eigenvalue weighted by molar-refractivity contribution is 7.99. The van der Waals surface area contributed by atoms with Crippen molar-refractivity contribution in [1.82, 2.24) is 9.97 Å². The molecule has 1 aromatic carbocycles. The second kappa shape index (κ2) is 7.00. The van der Waals surface area contributed by atoms with Crippen LogP contribution >= 0.6 is 11.8 Å². The highest BCUT2D eigenvalue weighted by atomic mass is 32.2. The van der Waals surface area contributed by atoms with Gasteiger partial charge < -0.3 is 10.4 Å². The van der Waals surface area contributed by atoms with E-state index in [0.717, 1.165) is 0 Å².